The first-order valence-corrected chi connectivity index (χ1v) is 8.00. The van der Waals surface area contributed by atoms with Crippen molar-refractivity contribution in [3.8, 4) is 11.5 Å². The first-order chi connectivity index (χ1) is 12.1. The zero-order valence-corrected chi connectivity index (χ0v) is 14.2. The Morgan fingerprint density at radius 3 is 2.52 bits per heavy atom. The molecule has 1 unspecified atom stereocenters. The molecule has 2 aromatic rings. The van der Waals surface area contributed by atoms with Crippen LogP contribution in [-0.2, 0) is 4.74 Å². The van der Waals surface area contributed by atoms with Crippen LogP contribution >= 0.6 is 0 Å². The van der Waals surface area contributed by atoms with E-state index < -0.39 is 0 Å². The van der Waals surface area contributed by atoms with Crippen LogP contribution in [0, 0.1) is 5.82 Å². The summed E-state index contributed by atoms with van der Waals surface area (Å²) in [5.74, 6) is 0.691. The minimum absolute atomic E-state index is 0.101. The van der Waals surface area contributed by atoms with E-state index in [4.69, 9.17) is 14.2 Å². The van der Waals surface area contributed by atoms with Crippen LogP contribution in [-0.4, -0.2) is 44.7 Å². The van der Waals surface area contributed by atoms with Gasteiger partial charge in [-0.05, 0) is 35.9 Å². The fourth-order valence-corrected chi connectivity index (χ4v) is 2.86. The number of hydrogen-bond donors (Lipinski definition) is 0. The Kier molecular flexibility index (Phi) is 5.19. The van der Waals surface area contributed by atoms with Gasteiger partial charge in [0.15, 0.2) is 11.5 Å². The molecule has 3 rings (SSSR count). The molecular formula is C19H20FNO4. The van der Waals surface area contributed by atoms with Crippen molar-refractivity contribution in [1.29, 1.82) is 0 Å². The molecule has 0 N–H and O–H groups in total. The standard InChI is InChI=1S/C19H20FNO4/c1-23-16-8-5-14(11-17(16)24-2)19(22)21-9-10-25-18(12-21)13-3-6-15(20)7-4-13/h3-8,11,18H,9-10,12H2,1-2H3. The van der Waals surface area contributed by atoms with Gasteiger partial charge in [0.25, 0.3) is 5.91 Å². The zero-order valence-electron chi connectivity index (χ0n) is 14.2. The highest BCUT2D eigenvalue weighted by Gasteiger charge is 2.26. The zero-order chi connectivity index (χ0) is 17.8. The van der Waals surface area contributed by atoms with E-state index in [1.807, 2.05) is 0 Å². The van der Waals surface area contributed by atoms with Gasteiger partial charge in [-0.2, -0.15) is 0 Å². The number of amides is 1. The number of carbonyl (C=O) groups excluding carboxylic acids is 1. The number of rotatable bonds is 4. The topological polar surface area (TPSA) is 48.0 Å². The molecule has 6 heteroatoms. The van der Waals surface area contributed by atoms with E-state index in [1.54, 1.807) is 42.3 Å². The van der Waals surface area contributed by atoms with Crippen LogP contribution in [0.3, 0.4) is 0 Å². The molecule has 0 spiro atoms. The van der Waals surface area contributed by atoms with Gasteiger partial charge in [-0.3, -0.25) is 4.79 Å². The summed E-state index contributed by atoms with van der Waals surface area (Å²) in [6.45, 7) is 1.35. The lowest BCUT2D eigenvalue weighted by molar-refractivity contribution is -0.0228. The second kappa shape index (κ2) is 7.53. The molecule has 1 aliphatic rings. The molecule has 1 amide bonds. The molecule has 0 bridgehead atoms. The predicted molar refractivity (Wildman–Crippen MR) is 90.5 cm³/mol. The van der Waals surface area contributed by atoms with E-state index in [0.29, 0.717) is 36.8 Å². The van der Waals surface area contributed by atoms with Gasteiger partial charge in [0, 0.05) is 12.1 Å². The molecule has 0 aromatic heterocycles. The second-order valence-electron chi connectivity index (χ2n) is 5.73. The molecule has 25 heavy (non-hydrogen) atoms. The molecule has 2 aromatic carbocycles. The minimum atomic E-state index is -0.294. The van der Waals surface area contributed by atoms with Crippen LogP contribution in [0.2, 0.25) is 0 Å². The summed E-state index contributed by atoms with van der Waals surface area (Å²) in [4.78, 5) is 14.5. The Balaban J connectivity index is 1.76. The van der Waals surface area contributed by atoms with Crippen LogP contribution in [0.5, 0.6) is 11.5 Å². The van der Waals surface area contributed by atoms with Crippen molar-refractivity contribution in [3.05, 3.63) is 59.4 Å². The Labute approximate surface area is 145 Å². The third-order valence-corrected chi connectivity index (χ3v) is 4.23. The number of halogens is 1. The van der Waals surface area contributed by atoms with Gasteiger partial charge in [0.05, 0.1) is 27.4 Å². The minimum Gasteiger partial charge on any atom is -0.493 e. The molecule has 1 heterocycles. The number of hydrogen-bond acceptors (Lipinski definition) is 4. The molecular weight excluding hydrogens is 325 g/mol. The normalized spacial score (nSPS) is 17.2. The number of ether oxygens (including phenoxy) is 3. The maximum Gasteiger partial charge on any atom is 0.254 e. The van der Waals surface area contributed by atoms with E-state index in [-0.39, 0.29) is 17.8 Å². The lowest BCUT2D eigenvalue weighted by Gasteiger charge is -2.33. The van der Waals surface area contributed by atoms with E-state index in [9.17, 15) is 9.18 Å². The van der Waals surface area contributed by atoms with E-state index in [1.165, 1.54) is 19.2 Å². The molecule has 0 aliphatic carbocycles. The number of nitrogens with zero attached hydrogens (tertiary/aromatic N) is 1. The molecule has 1 saturated heterocycles. The summed E-state index contributed by atoms with van der Waals surface area (Å²) in [5, 5.41) is 0. The highest BCUT2D eigenvalue weighted by Crippen LogP contribution is 2.29. The average molecular weight is 345 g/mol. The Hall–Kier alpha value is -2.60. The van der Waals surface area contributed by atoms with Crippen LogP contribution < -0.4 is 9.47 Å². The molecule has 132 valence electrons. The van der Waals surface area contributed by atoms with Gasteiger partial charge in [0.1, 0.15) is 11.9 Å². The largest absolute Gasteiger partial charge is 0.493 e. The van der Waals surface area contributed by atoms with Crippen molar-refractivity contribution < 1.29 is 23.4 Å². The molecule has 1 aliphatic heterocycles. The molecule has 0 radical (unpaired) electrons. The summed E-state index contributed by atoms with van der Waals surface area (Å²) in [5.41, 5.74) is 1.38. The van der Waals surface area contributed by atoms with Crippen molar-refractivity contribution in [2.45, 2.75) is 6.10 Å². The molecule has 0 saturated carbocycles. The fraction of sp³-hybridized carbons (Fsp3) is 0.316. The summed E-state index contributed by atoms with van der Waals surface area (Å²) in [7, 11) is 3.08. The van der Waals surface area contributed by atoms with Crippen LogP contribution in [0.15, 0.2) is 42.5 Å². The van der Waals surface area contributed by atoms with Crippen molar-refractivity contribution >= 4 is 5.91 Å². The second-order valence-corrected chi connectivity index (χ2v) is 5.73. The Bertz CT molecular complexity index is 748. The Morgan fingerprint density at radius 1 is 1.12 bits per heavy atom. The van der Waals surface area contributed by atoms with Gasteiger partial charge in [-0.25, -0.2) is 4.39 Å². The highest BCUT2D eigenvalue weighted by atomic mass is 19.1. The average Bonchev–Trinajstić information content (AvgIpc) is 2.67. The van der Waals surface area contributed by atoms with E-state index in [0.717, 1.165) is 5.56 Å². The monoisotopic (exact) mass is 345 g/mol. The summed E-state index contributed by atoms with van der Waals surface area (Å²) >= 11 is 0. The number of carbonyl (C=O) groups is 1. The quantitative estimate of drug-likeness (QED) is 0.855. The number of benzene rings is 2. The SMILES string of the molecule is COc1ccc(C(=O)N2CCOC(c3ccc(F)cc3)C2)cc1OC. The highest BCUT2D eigenvalue weighted by molar-refractivity contribution is 5.95. The summed E-state index contributed by atoms with van der Waals surface area (Å²) in [6, 6.07) is 11.3. The van der Waals surface area contributed by atoms with E-state index in [2.05, 4.69) is 0 Å². The van der Waals surface area contributed by atoms with Crippen molar-refractivity contribution in [1.82, 2.24) is 4.90 Å². The summed E-state index contributed by atoms with van der Waals surface area (Å²) < 4.78 is 29.3. The van der Waals surface area contributed by atoms with Crippen LogP contribution in [0.1, 0.15) is 22.0 Å². The lowest BCUT2D eigenvalue weighted by atomic mass is 10.1. The van der Waals surface area contributed by atoms with Crippen molar-refractivity contribution in [3.63, 3.8) is 0 Å². The maximum absolute atomic E-state index is 13.1. The van der Waals surface area contributed by atoms with Gasteiger partial charge in [0.2, 0.25) is 0 Å². The van der Waals surface area contributed by atoms with Gasteiger partial charge in [-0.1, -0.05) is 12.1 Å². The number of methoxy groups -OCH3 is 2. The van der Waals surface area contributed by atoms with Crippen LogP contribution in [0.4, 0.5) is 4.39 Å². The first-order valence-electron chi connectivity index (χ1n) is 8.00. The smallest absolute Gasteiger partial charge is 0.254 e. The van der Waals surface area contributed by atoms with E-state index >= 15 is 0 Å². The molecule has 5 nitrogen and oxygen atoms in total. The lowest BCUT2D eigenvalue weighted by Crippen LogP contribution is -2.42. The van der Waals surface area contributed by atoms with Gasteiger partial charge >= 0.3 is 0 Å². The van der Waals surface area contributed by atoms with Crippen LogP contribution in [0.25, 0.3) is 0 Å². The third kappa shape index (κ3) is 3.74. The number of morpholine rings is 1. The van der Waals surface area contributed by atoms with Crippen molar-refractivity contribution in [2.24, 2.45) is 0 Å². The Morgan fingerprint density at radius 2 is 1.84 bits per heavy atom. The first kappa shape index (κ1) is 17.2. The summed E-state index contributed by atoms with van der Waals surface area (Å²) in [6.07, 6.45) is -0.265. The maximum atomic E-state index is 13.1. The molecule has 1 atom stereocenters. The fourth-order valence-electron chi connectivity index (χ4n) is 2.86. The predicted octanol–water partition coefficient (Wildman–Crippen LogP) is 3.06. The van der Waals surface area contributed by atoms with Gasteiger partial charge < -0.3 is 19.1 Å². The van der Waals surface area contributed by atoms with Gasteiger partial charge in [-0.15, -0.1) is 0 Å². The molecule has 1 fully saturated rings. The third-order valence-electron chi connectivity index (χ3n) is 4.23. The van der Waals surface area contributed by atoms with Crippen molar-refractivity contribution in [2.75, 3.05) is 33.9 Å².